The van der Waals surface area contributed by atoms with Gasteiger partial charge in [0.2, 0.25) is 12.1 Å². The lowest BCUT2D eigenvalue weighted by molar-refractivity contribution is -0.141. The minimum absolute atomic E-state index is 0.154. The van der Waals surface area contributed by atoms with Crippen LogP contribution in [0.15, 0.2) is 29.0 Å². The molecular formula is C25H27F5N4O4. The number of amides is 3. The van der Waals surface area contributed by atoms with Gasteiger partial charge in [0, 0.05) is 0 Å². The SMILES string of the molecule is CCc1nocc1C(=O)N[C@H](C(=O)Nc1ccc([C@H](F)C(=O)NCC(F)(F)F)cc1F)C(C1CC1)C1CC1. The van der Waals surface area contributed by atoms with Crippen LogP contribution in [-0.4, -0.2) is 41.6 Å². The summed E-state index contributed by atoms with van der Waals surface area (Å²) in [6.07, 6.45) is -2.01. The van der Waals surface area contributed by atoms with Gasteiger partial charge in [0.1, 0.15) is 30.2 Å². The molecule has 3 amide bonds. The minimum Gasteiger partial charge on any atom is -0.364 e. The van der Waals surface area contributed by atoms with Crippen molar-refractivity contribution in [2.75, 3.05) is 11.9 Å². The van der Waals surface area contributed by atoms with E-state index in [-0.39, 0.29) is 29.0 Å². The Bertz CT molecular complexity index is 1180. The minimum atomic E-state index is -4.73. The number of hydrogen-bond acceptors (Lipinski definition) is 5. The van der Waals surface area contributed by atoms with E-state index in [0.717, 1.165) is 37.8 Å². The van der Waals surface area contributed by atoms with E-state index in [4.69, 9.17) is 4.52 Å². The van der Waals surface area contributed by atoms with E-state index in [2.05, 4.69) is 15.8 Å². The number of carbonyl (C=O) groups is 3. The first-order chi connectivity index (χ1) is 18.0. The summed E-state index contributed by atoms with van der Waals surface area (Å²) < 4.78 is 70.9. The lowest BCUT2D eigenvalue weighted by Crippen LogP contribution is -2.50. The van der Waals surface area contributed by atoms with Crippen molar-refractivity contribution in [3.05, 3.63) is 47.1 Å². The molecule has 2 aliphatic rings. The van der Waals surface area contributed by atoms with Crippen LogP contribution < -0.4 is 16.0 Å². The molecule has 1 aromatic carbocycles. The number of nitrogens with one attached hydrogen (secondary N) is 3. The van der Waals surface area contributed by atoms with Crippen LogP contribution in [0, 0.1) is 23.6 Å². The zero-order valence-corrected chi connectivity index (χ0v) is 20.4. The van der Waals surface area contributed by atoms with Gasteiger partial charge in [-0.3, -0.25) is 14.4 Å². The number of alkyl halides is 4. The molecule has 206 valence electrons. The lowest BCUT2D eigenvalue weighted by atomic mass is 9.88. The van der Waals surface area contributed by atoms with Gasteiger partial charge in [-0.1, -0.05) is 18.1 Å². The molecule has 4 rings (SSSR count). The third-order valence-electron chi connectivity index (χ3n) is 6.75. The largest absolute Gasteiger partial charge is 0.405 e. The quantitative estimate of drug-likeness (QED) is 0.368. The summed E-state index contributed by atoms with van der Waals surface area (Å²) in [4.78, 5) is 38.0. The molecule has 0 bridgehead atoms. The smallest absolute Gasteiger partial charge is 0.364 e. The number of anilines is 1. The van der Waals surface area contributed by atoms with Crippen LogP contribution >= 0.6 is 0 Å². The third-order valence-corrected chi connectivity index (χ3v) is 6.75. The van der Waals surface area contributed by atoms with Crippen LogP contribution in [0.4, 0.5) is 27.6 Å². The van der Waals surface area contributed by atoms with Gasteiger partial charge in [0.15, 0.2) is 0 Å². The second-order valence-electron chi connectivity index (χ2n) is 9.66. The number of halogens is 5. The van der Waals surface area contributed by atoms with Crippen molar-refractivity contribution in [1.29, 1.82) is 0 Å². The topological polar surface area (TPSA) is 113 Å². The van der Waals surface area contributed by atoms with Gasteiger partial charge in [-0.05, 0) is 67.6 Å². The highest BCUT2D eigenvalue weighted by molar-refractivity contribution is 6.01. The molecule has 1 heterocycles. The molecule has 3 N–H and O–H groups in total. The first-order valence-corrected chi connectivity index (χ1v) is 12.3. The number of carbonyl (C=O) groups excluding carboxylic acids is 3. The maximum atomic E-state index is 14.8. The second kappa shape index (κ2) is 11.1. The summed E-state index contributed by atoms with van der Waals surface area (Å²) >= 11 is 0. The van der Waals surface area contributed by atoms with Crippen molar-refractivity contribution in [3.63, 3.8) is 0 Å². The maximum Gasteiger partial charge on any atom is 0.405 e. The van der Waals surface area contributed by atoms with E-state index in [9.17, 15) is 36.3 Å². The van der Waals surface area contributed by atoms with Crippen LogP contribution in [-0.2, 0) is 16.0 Å². The molecule has 2 saturated carbocycles. The first-order valence-electron chi connectivity index (χ1n) is 12.3. The van der Waals surface area contributed by atoms with Gasteiger partial charge in [0.05, 0.1) is 11.4 Å². The number of aryl methyl sites for hydroxylation is 1. The van der Waals surface area contributed by atoms with Gasteiger partial charge in [-0.2, -0.15) is 13.2 Å². The predicted octanol–water partition coefficient (Wildman–Crippen LogP) is 4.24. The van der Waals surface area contributed by atoms with E-state index in [1.165, 1.54) is 11.6 Å². The summed E-state index contributed by atoms with van der Waals surface area (Å²) in [6, 6.07) is 1.66. The average molecular weight is 543 g/mol. The van der Waals surface area contributed by atoms with E-state index in [1.54, 1.807) is 6.92 Å². The van der Waals surface area contributed by atoms with E-state index in [0.29, 0.717) is 18.2 Å². The van der Waals surface area contributed by atoms with E-state index >= 15 is 0 Å². The maximum absolute atomic E-state index is 14.8. The van der Waals surface area contributed by atoms with Crippen LogP contribution in [0.3, 0.4) is 0 Å². The van der Waals surface area contributed by atoms with Crippen LogP contribution in [0.25, 0.3) is 0 Å². The van der Waals surface area contributed by atoms with Crippen LogP contribution in [0.2, 0.25) is 0 Å². The molecule has 2 aromatic rings. The molecule has 1 aromatic heterocycles. The highest BCUT2D eigenvalue weighted by atomic mass is 19.4. The Morgan fingerprint density at radius 2 is 1.76 bits per heavy atom. The van der Waals surface area contributed by atoms with Crippen molar-refractivity contribution in [2.24, 2.45) is 17.8 Å². The fourth-order valence-electron chi connectivity index (χ4n) is 4.58. The van der Waals surface area contributed by atoms with Crippen molar-refractivity contribution in [2.45, 2.75) is 57.4 Å². The Balaban J connectivity index is 1.49. The monoisotopic (exact) mass is 542 g/mol. The summed E-state index contributed by atoms with van der Waals surface area (Å²) in [7, 11) is 0. The molecule has 2 fully saturated rings. The molecule has 8 nitrogen and oxygen atoms in total. The molecule has 2 atom stereocenters. The number of rotatable bonds is 11. The Hall–Kier alpha value is -3.51. The Morgan fingerprint density at radius 1 is 1.11 bits per heavy atom. The van der Waals surface area contributed by atoms with Crippen molar-refractivity contribution in [3.8, 4) is 0 Å². The second-order valence-corrected chi connectivity index (χ2v) is 9.66. The van der Waals surface area contributed by atoms with Crippen LogP contribution in [0.5, 0.6) is 0 Å². The van der Waals surface area contributed by atoms with Crippen molar-refractivity contribution >= 4 is 23.4 Å². The summed E-state index contributed by atoms with van der Waals surface area (Å²) in [5, 5.41) is 10.4. The van der Waals surface area contributed by atoms with E-state index in [1.807, 2.05) is 0 Å². The molecule has 0 radical (unpaired) electrons. The predicted molar refractivity (Wildman–Crippen MR) is 124 cm³/mol. The van der Waals surface area contributed by atoms with Gasteiger partial charge < -0.3 is 20.5 Å². The van der Waals surface area contributed by atoms with Gasteiger partial charge in [-0.25, -0.2) is 8.78 Å². The molecular weight excluding hydrogens is 515 g/mol. The number of benzene rings is 1. The zero-order valence-electron chi connectivity index (χ0n) is 20.4. The van der Waals surface area contributed by atoms with Gasteiger partial charge in [0.25, 0.3) is 11.8 Å². The van der Waals surface area contributed by atoms with E-state index < -0.39 is 54.0 Å². The Labute approximate surface area is 214 Å². The normalized spacial score (nSPS) is 17.1. The summed E-state index contributed by atoms with van der Waals surface area (Å²) in [5.41, 5.74) is -0.217. The highest BCUT2D eigenvalue weighted by Gasteiger charge is 2.48. The molecule has 0 spiro atoms. The zero-order chi connectivity index (χ0) is 27.6. The number of nitrogens with zero attached hydrogens (tertiary/aromatic N) is 1. The number of aromatic nitrogens is 1. The highest BCUT2D eigenvalue weighted by Crippen LogP contribution is 2.51. The molecule has 2 aliphatic carbocycles. The Kier molecular flexibility index (Phi) is 8.02. The molecule has 13 heteroatoms. The summed E-state index contributed by atoms with van der Waals surface area (Å²) in [6.45, 7) is 0.0676. The molecule has 0 unspecified atom stereocenters. The fraction of sp³-hybridized carbons (Fsp3) is 0.520. The molecule has 0 saturated heterocycles. The fourth-order valence-corrected chi connectivity index (χ4v) is 4.58. The van der Waals surface area contributed by atoms with Crippen LogP contribution in [0.1, 0.15) is 60.4 Å². The number of hydrogen-bond donors (Lipinski definition) is 3. The summed E-state index contributed by atoms with van der Waals surface area (Å²) in [5.74, 6) is -3.55. The van der Waals surface area contributed by atoms with Crippen molar-refractivity contribution < 1.29 is 40.9 Å². The lowest BCUT2D eigenvalue weighted by Gasteiger charge is -2.27. The Morgan fingerprint density at radius 3 is 2.32 bits per heavy atom. The molecule has 0 aliphatic heterocycles. The standard InChI is InChI=1S/C25H27F5N4O4/c1-2-17-15(10-38-34-17)22(35)33-21(19(12-3-4-12)13-5-6-13)24(37)32-18-8-7-14(9-16(18)26)20(27)23(36)31-11-25(28,29)30/h7-10,12-13,19-21H,2-6,11H2,1H3,(H,31,36)(H,32,37)(H,33,35)/t20-,21-/m0/s1. The van der Waals surface area contributed by atoms with Crippen molar-refractivity contribution in [1.82, 2.24) is 15.8 Å². The molecule has 38 heavy (non-hydrogen) atoms. The third kappa shape index (κ3) is 6.67. The van der Waals surface area contributed by atoms with Gasteiger partial charge >= 0.3 is 6.18 Å². The first kappa shape index (κ1) is 27.5. The van der Waals surface area contributed by atoms with Gasteiger partial charge in [-0.15, -0.1) is 0 Å². The average Bonchev–Trinajstić information content (AvgIpc) is 3.81.